The number of benzene rings is 1. The molecule has 3 atom stereocenters. The standard InChI is InChI=1S/C22H23BrN2O6S2/c1-3-30-21(27)13-8-16(23)33(11-13)15-10-32-20-17(24)19(26)25(20)18(15)22(28)31-9-12-4-6-14(29-2)7-5-12/h4-8,11,17,20,33H,3,9-10,24H2,1-2H3/t17-,20?/m1/s1. The van der Waals surface area contributed by atoms with E-state index in [-0.39, 0.29) is 30.2 Å². The Morgan fingerprint density at radius 3 is 2.64 bits per heavy atom. The Morgan fingerprint density at radius 2 is 1.97 bits per heavy atom. The summed E-state index contributed by atoms with van der Waals surface area (Å²) in [6.45, 7) is 2.05. The molecule has 33 heavy (non-hydrogen) atoms. The quantitative estimate of drug-likeness (QED) is 0.301. The molecule has 1 aromatic rings. The van der Waals surface area contributed by atoms with E-state index in [0.717, 1.165) is 14.3 Å². The van der Waals surface area contributed by atoms with Gasteiger partial charge in [-0.3, -0.25) is 9.69 Å². The second-order valence-corrected chi connectivity index (χ2v) is 11.9. The summed E-state index contributed by atoms with van der Waals surface area (Å²) < 4.78 is 16.6. The minimum absolute atomic E-state index is 0.0460. The molecule has 2 unspecified atom stereocenters. The summed E-state index contributed by atoms with van der Waals surface area (Å²) in [6.07, 6.45) is 1.71. The van der Waals surface area contributed by atoms with Crippen LogP contribution >= 0.6 is 38.6 Å². The first kappa shape index (κ1) is 23.9. The molecule has 2 N–H and O–H groups in total. The van der Waals surface area contributed by atoms with Crippen LogP contribution in [0.15, 0.2) is 55.7 Å². The van der Waals surface area contributed by atoms with E-state index in [2.05, 4.69) is 15.9 Å². The number of nitrogens with two attached hydrogens (primary N) is 1. The van der Waals surface area contributed by atoms with Gasteiger partial charge in [-0.05, 0) is 52.0 Å². The zero-order valence-corrected chi connectivity index (χ0v) is 21.2. The van der Waals surface area contributed by atoms with Crippen LogP contribution in [0.3, 0.4) is 0 Å². The highest BCUT2D eigenvalue weighted by atomic mass is 79.9. The molecule has 1 saturated heterocycles. The number of ether oxygens (including phenoxy) is 3. The van der Waals surface area contributed by atoms with E-state index in [9.17, 15) is 14.4 Å². The van der Waals surface area contributed by atoms with Crippen LogP contribution in [0.5, 0.6) is 5.75 Å². The van der Waals surface area contributed by atoms with Gasteiger partial charge in [-0.25, -0.2) is 9.59 Å². The molecule has 0 bridgehead atoms. The predicted octanol–water partition coefficient (Wildman–Crippen LogP) is 2.89. The van der Waals surface area contributed by atoms with E-state index in [0.29, 0.717) is 17.1 Å². The van der Waals surface area contributed by atoms with Crippen LogP contribution in [-0.2, 0) is 30.5 Å². The molecule has 11 heteroatoms. The number of halogens is 1. The van der Waals surface area contributed by atoms with Gasteiger partial charge in [0.1, 0.15) is 29.5 Å². The number of carbonyl (C=O) groups excluding carboxylic acids is 3. The summed E-state index contributed by atoms with van der Waals surface area (Å²) in [6, 6.07) is 6.53. The van der Waals surface area contributed by atoms with E-state index in [1.165, 1.54) is 16.7 Å². The number of nitrogens with zero attached hydrogens (tertiary/aromatic N) is 1. The van der Waals surface area contributed by atoms with E-state index >= 15 is 0 Å². The van der Waals surface area contributed by atoms with E-state index in [1.54, 1.807) is 49.8 Å². The Morgan fingerprint density at radius 1 is 1.24 bits per heavy atom. The molecule has 1 amide bonds. The van der Waals surface area contributed by atoms with E-state index < -0.39 is 28.9 Å². The third-order valence-corrected chi connectivity index (χ3v) is 10.3. The first-order valence-corrected chi connectivity index (χ1v) is 13.4. The van der Waals surface area contributed by atoms with Gasteiger partial charge in [-0.2, -0.15) is 10.9 Å². The summed E-state index contributed by atoms with van der Waals surface area (Å²) in [5.41, 5.74) is 7.40. The highest BCUT2D eigenvalue weighted by Crippen LogP contribution is 2.58. The molecule has 3 aliphatic heterocycles. The Bertz CT molecular complexity index is 1080. The van der Waals surface area contributed by atoms with E-state index in [4.69, 9.17) is 19.9 Å². The van der Waals surface area contributed by atoms with Crippen LogP contribution in [-0.4, -0.2) is 53.6 Å². The first-order chi connectivity index (χ1) is 15.8. The second-order valence-electron chi connectivity index (χ2n) is 7.30. The number of esters is 2. The molecule has 0 spiro atoms. The van der Waals surface area contributed by atoms with Crippen molar-refractivity contribution in [2.45, 2.75) is 24.9 Å². The van der Waals surface area contributed by atoms with Gasteiger partial charge in [0.05, 0.1) is 19.3 Å². The third kappa shape index (κ3) is 4.59. The zero-order valence-electron chi connectivity index (χ0n) is 17.9. The Kier molecular flexibility index (Phi) is 7.22. The summed E-state index contributed by atoms with van der Waals surface area (Å²) in [7, 11) is 0.404. The van der Waals surface area contributed by atoms with Crippen LogP contribution < -0.4 is 10.5 Å². The molecular formula is C22H23BrN2O6S2. The molecule has 0 aliphatic carbocycles. The van der Waals surface area contributed by atoms with Crippen molar-refractivity contribution < 1.29 is 28.6 Å². The fraction of sp³-hybridized carbons (Fsp3) is 0.318. The Hall–Kier alpha value is -2.21. The fourth-order valence-corrected chi connectivity index (χ4v) is 8.41. The van der Waals surface area contributed by atoms with Crippen LogP contribution in [0.4, 0.5) is 0 Å². The van der Waals surface area contributed by atoms with Gasteiger partial charge >= 0.3 is 11.9 Å². The lowest BCUT2D eigenvalue weighted by Gasteiger charge is -2.49. The molecule has 3 aliphatic rings. The van der Waals surface area contributed by atoms with Gasteiger partial charge in [0, 0.05) is 14.5 Å². The number of β-lactam (4-membered cyclic amide) rings is 1. The van der Waals surface area contributed by atoms with Gasteiger partial charge in [-0.15, -0.1) is 11.8 Å². The number of hydrogen-bond acceptors (Lipinski definition) is 8. The van der Waals surface area contributed by atoms with Crippen molar-refractivity contribution in [3.05, 3.63) is 61.3 Å². The van der Waals surface area contributed by atoms with E-state index in [1.807, 2.05) is 0 Å². The highest BCUT2D eigenvalue weighted by Gasteiger charge is 2.52. The van der Waals surface area contributed by atoms with Gasteiger partial charge in [0.2, 0.25) is 5.91 Å². The number of hydrogen-bond donors (Lipinski definition) is 2. The Labute approximate surface area is 206 Å². The first-order valence-electron chi connectivity index (χ1n) is 10.1. The second kappa shape index (κ2) is 9.96. The molecule has 4 rings (SSSR count). The van der Waals surface area contributed by atoms with Crippen molar-refractivity contribution in [1.29, 1.82) is 0 Å². The molecule has 3 heterocycles. The summed E-state index contributed by atoms with van der Waals surface area (Å²) in [5, 5.41) is 1.49. The highest BCUT2D eigenvalue weighted by molar-refractivity contribution is 9.14. The number of methoxy groups -OCH3 is 1. The number of thiol groups is 1. The average Bonchev–Trinajstić information content (AvgIpc) is 3.23. The SMILES string of the molecule is CCOC(=O)C1=C[SH](C2=C(C(=O)OCc3ccc(OC)cc3)N3C(=O)[C@@H](N)C3SC2)C(Br)=C1. The molecule has 0 radical (unpaired) electrons. The number of fused-ring (bicyclic) bond motifs is 1. The maximum Gasteiger partial charge on any atom is 0.356 e. The largest absolute Gasteiger partial charge is 0.497 e. The minimum Gasteiger partial charge on any atom is -0.497 e. The summed E-state index contributed by atoms with van der Waals surface area (Å²) >= 11 is 5.05. The number of thioether (sulfide) groups is 1. The molecule has 0 saturated carbocycles. The topological polar surface area (TPSA) is 108 Å². The number of amides is 1. The number of carbonyl (C=O) groups is 3. The van der Waals surface area contributed by atoms with Crippen LogP contribution in [0.25, 0.3) is 0 Å². The van der Waals surface area contributed by atoms with Gasteiger partial charge < -0.3 is 19.9 Å². The van der Waals surface area contributed by atoms with Gasteiger partial charge in [0.25, 0.3) is 0 Å². The lowest BCUT2D eigenvalue weighted by atomic mass is 10.1. The molecule has 1 aromatic carbocycles. The molecule has 1 fully saturated rings. The van der Waals surface area contributed by atoms with Crippen LogP contribution in [0.1, 0.15) is 12.5 Å². The lowest BCUT2D eigenvalue weighted by molar-refractivity contribution is -0.151. The molecular weight excluding hydrogens is 532 g/mol. The van der Waals surface area contributed by atoms with Crippen molar-refractivity contribution >= 4 is 56.4 Å². The molecule has 0 aromatic heterocycles. The molecule has 8 nitrogen and oxygen atoms in total. The predicted molar refractivity (Wildman–Crippen MR) is 132 cm³/mol. The normalized spacial score (nSPS) is 25.0. The van der Waals surface area contributed by atoms with Gasteiger partial charge in [0.15, 0.2) is 0 Å². The summed E-state index contributed by atoms with van der Waals surface area (Å²) in [5.74, 6) is -0.132. The molecule has 176 valence electrons. The minimum atomic E-state index is -1.17. The van der Waals surface area contributed by atoms with Crippen LogP contribution in [0.2, 0.25) is 0 Å². The average molecular weight is 555 g/mol. The lowest BCUT2D eigenvalue weighted by Crippen LogP contribution is -2.68. The Balaban J connectivity index is 1.62. The maximum absolute atomic E-state index is 13.2. The van der Waals surface area contributed by atoms with Crippen molar-refractivity contribution in [3.63, 3.8) is 0 Å². The van der Waals surface area contributed by atoms with Crippen molar-refractivity contribution in [2.24, 2.45) is 5.73 Å². The van der Waals surface area contributed by atoms with Crippen molar-refractivity contribution in [3.8, 4) is 5.75 Å². The zero-order chi connectivity index (χ0) is 23.7. The van der Waals surface area contributed by atoms with Crippen molar-refractivity contribution in [1.82, 2.24) is 4.90 Å². The monoisotopic (exact) mass is 554 g/mol. The maximum atomic E-state index is 13.2. The fourth-order valence-electron chi connectivity index (χ4n) is 3.58. The summed E-state index contributed by atoms with van der Waals surface area (Å²) in [4.78, 5) is 40.2. The van der Waals surface area contributed by atoms with Crippen LogP contribution in [0, 0.1) is 0 Å². The van der Waals surface area contributed by atoms with Gasteiger partial charge in [-0.1, -0.05) is 12.1 Å². The van der Waals surface area contributed by atoms with Crippen molar-refractivity contribution in [2.75, 3.05) is 19.5 Å². The third-order valence-electron chi connectivity index (χ3n) is 5.29. The smallest absolute Gasteiger partial charge is 0.356 e. The number of rotatable bonds is 7.